The molecular weight excluding hydrogens is 328 g/mol. The van der Waals surface area contributed by atoms with Crippen LogP contribution < -0.4 is 11.1 Å². The van der Waals surface area contributed by atoms with E-state index in [2.05, 4.69) is 26.0 Å². The third-order valence-corrected chi connectivity index (χ3v) is 3.24. The number of halogens is 1. The Morgan fingerprint density at radius 3 is 2.55 bits per heavy atom. The van der Waals surface area contributed by atoms with Crippen molar-refractivity contribution in [2.75, 3.05) is 6.61 Å². The van der Waals surface area contributed by atoms with Crippen molar-refractivity contribution in [2.45, 2.75) is 19.4 Å². The predicted octanol–water partition coefficient (Wildman–Crippen LogP) is 0.525. The molecule has 1 atom stereocenters. The minimum Gasteiger partial charge on any atom is -0.456 e. The van der Waals surface area contributed by atoms with Gasteiger partial charge in [-0.3, -0.25) is 14.4 Å². The van der Waals surface area contributed by atoms with Crippen molar-refractivity contribution in [3.05, 3.63) is 34.3 Å². The number of rotatable bonds is 6. The van der Waals surface area contributed by atoms with Gasteiger partial charge in [-0.1, -0.05) is 34.1 Å². The maximum absolute atomic E-state index is 11.5. The molecule has 1 aromatic carbocycles. The standard InChI is InChI=1S/C13H15BrN2O4/c1-8(17)20-7-12(18)16-11(13(15)19)6-9-4-2-3-5-10(9)14/h2-5,11H,6-7H2,1H3,(H2,15,19)(H,16,18)/t11-/m1/s1. The Kier molecular flexibility index (Phi) is 6.17. The summed E-state index contributed by atoms with van der Waals surface area (Å²) in [6.07, 6.45) is 0.253. The first-order chi connectivity index (χ1) is 9.40. The SMILES string of the molecule is CC(=O)OCC(=O)N[C@H](Cc1ccccc1Br)C(N)=O. The van der Waals surface area contributed by atoms with Crippen LogP contribution in [0.3, 0.4) is 0 Å². The molecule has 6 nitrogen and oxygen atoms in total. The molecule has 0 saturated carbocycles. The first-order valence-electron chi connectivity index (χ1n) is 5.85. The highest BCUT2D eigenvalue weighted by molar-refractivity contribution is 9.10. The van der Waals surface area contributed by atoms with Gasteiger partial charge < -0.3 is 15.8 Å². The summed E-state index contributed by atoms with van der Waals surface area (Å²) in [6, 6.07) is 6.44. The molecule has 0 aliphatic heterocycles. The maximum atomic E-state index is 11.5. The lowest BCUT2D eigenvalue weighted by Gasteiger charge is -2.16. The second-order valence-electron chi connectivity index (χ2n) is 4.10. The fourth-order valence-corrected chi connectivity index (χ4v) is 1.96. The Balaban J connectivity index is 2.66. The van der Waals surface area contributed by atoms with Crippen LogP contribution in [0.1, 0.15) is 12.5 Å². The zero-order chi connectivity index (χ0) is 15.1. The zero-order valence-electron chi connectivity index (χ0n) is 10.9. The first-order valence-corrected chi connectivity index (χ1v) is 6.65. The average Bonchev–Trinajstić information content (AvgIpc) is 2.38. The van der Waals surface area contributed by atoms with Crippen LogP contribution in [0.4, 0.5) is 0 Å². The van der Waals surface area contributed by atoms with E-state index in [9.17, 15) is 14.4 Å². The normalized spacial score (nSPS) is 11.5. The van der Waals surface area contributed by atoms with Gasteiger partial charge in [-0.25, -0.2) is 0 Å². The third-order valence-electron chi connectivity index (χ3n) is 2.47. The smallest absolute Gasteiger partial charge is 0.303 e. The topological polar surface area (TPSA) is 98.5 Å². The summed E-state index contributed by atoms with van der Waals surface area (Å²) in [7, 11) is 0. The van der Waals surface area contributed by atoms with Gasteiger partial charge in [0.2, 0.25) is 5.91 Å². The van der Waals surface area contributed by atoms with E-state index in [0.29, 0.717) is 0 Å². The van der Waals surface area contributed by atoms with Crippen molar-refractivity contribution in [1.29, 1.82) is 0 Å². The molecule has 0 heterocycles. The van der Waals surface area contributed by atoms with Gasteiger partial charge >= 0.3 is 5.97 Å². The quantitative estimate of drug-likeness (QED) is 0.736. The highest BCUT2D eigenvalue weighted by Crippen LogP contribution is 2.17. The van der Waals surface area contributed by atoms with Crippen molar-refractivity contribution in [1.82, 2.24) is 5.32 Å². The molecule has 0 aromatic heterocycles. The third kappa shape index (κ3) is 5.40. The van der Waals surface area contributed by atoms with E-state index in [1.54, 1.807) is 0 Å². The Bertz CT molecular complexity index is 519. The van der Waals surface area contributed by atoms with Crippen molar-refractivity contribution >= 4 is 33.7 Å². The number of hydrogen-bond acceptors (Lipinski definition) is 4. The highest BCUT2D eigenvalue weighted by Gasteiger charge is 2.20. The Morgan fingerprint density at radius 1 is 1.35 bits per heavy atom. The molecule has 0 saturated heterocycles. The first kappa shape index (κ1) is 16.2. The van der Waals surface area contributed by atoms with E-state index in [-0.39, 0.29) is 6.42 Å². The molecule has 0 unspecified atom stereocenters. The van der Waals surface area contributed by atoms with Crippen LogP contribution in [0.5, 0.6) is 0 Å². The van der Waals surface area contributed by atoms with Crippen molar-refractivity contribution in [3.8, 4) is 0 Å². The molecule has 1 aromatic rings. The molecule has 0 spiro atoms. The largest absolute Gasteiger partial charge is 0.456 e. The minimum atomic E-state index is -0.864. The summed E-state index contributed by atoms with van der Waals surface area (Å²) < 4.78 is 5.37. The number of carbonyl (C=O) groups excluding carboxylic acids is 3. The summed E-state index contributed by atoms with van der Waals surface area (Å²) in [5.74, 6) is -1.80. The summed E-state index contributed by atoms with van der Waals surface area (Å²) in [6.45, 7) is 0.759. The number of esters is 1. The molecule has 1 rings (SSSR count). The van der Waals surface area contributed by atoms with Gasteiger partial charge in [-0.2, -0.15) is 0 Å². The van der Waals surface area contributed by atoms with E-state index in [1.807, 2.05) is 24.3 Å². The number of benzene rings is 1. The second kappa shape index (κ2) is 7.64. The van der Waals surface area contributed by atoms with E-state index >= 15 is 0 Å². The van der Waals surface area contributed by atoms with Crippen molar-refractivity contribution in [3.63, 3.8) is 0 Å². The maximum Gasteiger partial charge on any atom is 0.303 e. The van der Waals surface area contributed by atoms with Crippen LogP contribution in [0.15, 0.2) is 28.7 Å². The molecule has 0 aliphatic carbocycles. The van der Waals surface area contributed by atoms with Gasteiger partial charge in [0.05, 0.1) is 0 Å². The van der Waals surface area contributed by atoms with Crippen LogP contribution in [-0.4, -0.2) is 30.4 Å². The molecule has 0 fully saturated rings. The second-order valence-corrected chi connectivity index (χ2v) is 4.95. The summed E-state index contributed by atoms with van der Waals surface area (Å²) >= 11 is 3.36. The van der Waals surface area contributed by atoms with Crippen LogP contribution in [0.2, 0.25) is 0 Å². The molecule has 0 aliphatic rings. The van der Waals surface area contributed by atoms with Crippen LogP contribution in [-0.2, 0) is 25.5 Å². The van der Waals surface area contributed by atoms with Gasteiger partial charge in [0, 0.05) is 17.8 Å². The lowest BCUT2D eigenvalue weighted by molar-refractivity contribution is -0.146. The lowest BCUT2D eigenvalue weighted by Crippen LogP contribution is -2.47. The van der Waals surface area contributed by atoms with Gasteiger partial charge in [0.25, 0.3) is 5.91 Å². The predicted molar refractivity (Wildman–Crippen MR) is 75.6 cm³/mol. The highest BCUT2D eigenvalue weighted by atomic mass is 79.9. The fourth-order valence-electron chi connectivity index (χ4n) is 1.51. The van der Waals surface area contributed by atoms with E-state index in [1.165, 1.54) is 6.92 Å². The van der Waals surface area contributed by atoms with Gasteiger partial charge in [-0.15, -0.1) is 0 Å². The number of carbonyl (C=O) groups is 3. The Morgan fingerprint density at radius 2 is 2.00 bits per heavy atom. The number of nitrogens with one attached hydrogen (secondary N) is 1. The molecule has 20 heavy (non-hydrogen) atoms. The molecule has 7 heteroatoms. The Hall–Kier alpha value is -1.89. The van der Waals surface area contributed by atoms with Crippen molar-refractivity contribution in [2.24, 2.45) is 5.73 Å². The van der Waals surface area contributed by atoms with Crippen LogP contribution in [0, 0.1) is 0 Å². The van der Waals surface area contributed by atoms with E-state index in [4.69, 9.17) is 5.73 Å². The molecule has 2 amide bonds. The monoisotopic (exact) mass is 342 g/mol. The average molecular weight is 343 g/mol. The van der Waals surface area contributed by atoms with Gasteiger partial charge in [-0.05, 0) is 11.6 Å². The molecular formula is C13H15BrN2O4. The molecule has 108 valence electrons. The molecule has 0 radical (unpaired) electrons. The van der Waals surface area contributed by atoms with E-state index in [0.717, 1.165) is 10.0 Å². The zero-order valence-corrected chi connectivity index (χ0v) is 12.5. The number of hydrogen-bond donors (Lipinski definition) is 2. The summed E-state index contributed by atoms with van der Waals surface area (Å²) in [5, 5.41) is 2.44. The number of primary amides is 1. The molecule has 3 N–H and O–H groups in total. The minimum absolute atomic E-state index is 0.253. The lowest BCUT2D eigenvalue weighted by atomic mass is 10.1. The fraction of sp³-hybridized carbons (Fsp3) is 0.308. The van der Waals surface area contributed by atoms with Gasteiger partial charge in [0.15, 0.2) is 6.61 Å². The molecule has 0 bridgehead atoms. The van der Waals surface area contributed by atoms with E-state index < -0.39 is 30.4 Å². The van der Waals surface area contributed by atoms with Crippen LogP contribution in [0.25, 0.3) is 0 Å². The van der Waals surface area contributed by atoms with Crippen molar-refractivity contribution < 1.29 is 19.1 Å². The number of amides is 2. The number of ether oxygens (including phenoxy) is 1. The summed E-state index contributed by atoms with van der Waals surface area (Å²) in [5.41, 5.74) is 6.10. The van der Waals surface area contributed by atoms with Crippen LogP contribution >= 0.6 is 15.9 Å². The summed E-state index contributed by atoms with van der Waals surface area (Å²) in [4.78, 5) is 33.5. The van der Waals surface area contributed by atoms with Gasteiger partial charge in [0.1, 0.15) is 6.04 Å². The Labute approximate surface area is 124 Å². The number of nitrogens with two attached hydrogens (primary N) is 1.